The van der Waals surface area contributed by atoms with Gasteiger partial charge >= 0.3 is 0 Å². The van der Waals surface area contributed by atoms with Gasteiger partial charge in [-0.3, -0.25) is 0 Å². The molecular formula is C25H21NO3. The third-order valence-corrected chi connectivity index (χ3v) is 4.69. The van der Waals surface area contributed by atoms with Crippen molar-refractivity contribution in [1.82, 2.24) is 5.16 Å². The molecule has 4 aromatic rings. The minimum absolute atomic E-state index is 0.714. The molecule has 0 aliphatic carbocycles. The van der Waals surface area contributed by atoms with Gasteiger partial charge in [0.25, 0.3) is 0 Å². The maximum Gasteiger partial charge on any atom is 0.174 e. The largest absolute Gasteiger partial charge is 0.497 e. The Balaban J connectivity index is 1.80. The van der Waals surface area contributed by atoms with E-state index in [4.69, 9.17) is 14.0 Å². The number of hydrogen-bond donors (Lipinski definition) is 0. The summed E-state index contributed by atoms with van der Waals surface area (Å²) in [6.45, 7) is 0. The van der Waals surface area contributed by atoms with Gasteiger partial charge < -0.3 is 14.0 Å². The highest BCUT2D eigenvalue weighted by Gasteiger charge is 2.17. The Kier molecular flexibility index (Phi) is 5.43. The fourth-order valence-electron chi connectivity index (χ4n) is 3.10. The SMILES string of the molecule is COc1ccc(-c2noc(-c3ccc(OC)cc3)c2/C=C/c2ccccc2)cc1. The predicted octanol–water partition coefficient (Wildman–Crippen LogP) is 6.20. The molecule has 4 heteroatoms. The molecule has 0 unspecified atom stereocenters. The fraction of sp³-hybridized carbons (Fsp3) is 0.0800. The summed E-state index contributed by atoms with van der Waals surface area (Å²) in [6.07, 6.45) is 4.11. The summed E-state index contributed by atoms with van der Waals surface area (Å²) in [4.78, 5) is 0. The van der Waals surface area contributed by atoms with Crippen LogP contribution < -0.4 is 9.47 Å². The molecular weight excluding hydrogens is 362 g/mol. The summed E-state index contributed by atoms with van der Waals surface area (Å²) in [5.74, 6) is 2.31. The van der Waals surface area contributed by atoms with E-state index in [9.17, 15) is 0 Å². The first-order chi connectivity index (χ1) is 14.3. The number of nitrogens with zero attached hydrogens (tertiary/aromatic N) is 1. The van der Waals surface area contributed by atoms with Crippen molar-refractivity contribution in [2.75, 3.05) is 14.2 Å². The van der Waals surface area contributed by atoms with Gasteiger partial charge in [0, 0.05) is 11.1 Å². The molecule has 3 aromatic carbocycles. The molecule has 1 heterocycles. The summed E-state index contributed by atoms with van der Waals surface area (Å²) in [6, 6.07) is 25.7. The number of aromatic nitrogens is 1. The quantitative estimate of drug-likeness (QED) is 0.398. The van der Waals surface area contributed by atoms with Gasteiger partial charge in [-0.2, -0.15) is 0 Å². The number of benzene rings is 3. The smallest absolute Gasteiger partial charge is 0.174 e. The standard InChI is InChI=1S/C25H21NO3/c1-27-21-13-9-19(10-14-21)24-23(17-8-18-6-4-3-5-7-18)25(29-26-24)20-11-15-22(28-2)16-12-20/h3-17H,1-2H3/b17-8+. The van der Waals surface area contributed by atoms with Crippen LogP contribution in [0.2, 0.25) is 0 Å². The topological polar surface area (TPSA) is 44.5 Å². The van der Waals surface area contributed by atoms with Crippen LogP contribution in [0.15, 0.2) is 83.4 Å². The van der Waals surface area contributed by atoms with Crippen LogP contribution in [0, 0.1) is 0 Å². The molecule has 4 nitrogen and oxygen atoms in total. The summed E-state index contributed by atoms with van der Waals surface area (Å²) in [5.41, 5.74) is 4.71. The van der Waals surface area contributed by atoms with E-state index < -0.39 is 0 Å². The average molecular weight is 383 g/mol. The molecule has 0 aliphatic rings. The van der Waals surface area contributed by atoms with Crippen molar-refractivity contribution in [2.24, 2.45) is 0 Å². The molecule has 0 atom stereocenters. The lowest BCUT2D eigenvalue weighted by molar-refractivity contribution is 0.414. The highest BCUT2D eigenvalue weighted by atomic mass is 16.5. The average Bonchev–Trinajstić information content (AvgIpc) is 3.22. The molecule has 0 bridgehead atoms. The number of hydrogen-bond acceptors (Lipinski definition) is 4. The molecule has 0 saturated carbocycles. The lowest BCUT2D eigenvalue weighted by Crippen LogP contribution is -1.86. The first kappa shape index (κ1) is 18.6. The Bertz CT molecular complexity index is 1030. The second kappa shape index (κ2) is 8.48. The Morgan fingerprint density at radius 2 is 1.28 bits per heavy atom. The minimum atomic E-state index is 0.714. The van der Waals surface area contributed by atoms with Gasteiger partial charge in [0.2, 0.25) is 0 Å². The molecule has 0 N–H and O–H groups in total. The molecule has 0 saturated heterocycles. The first-order valence-electron chi connectivity index (χ1n) is 9.30. The van der Waals surface area contributed by atoms with E-state index >= 15 is 0 Å². The summed E-state index contributed by atoms with van der Waals surface area (Å²) in [5, 5.41) is 4.37. The molecule has 0 spiro atoms. The predicted molar refractivity (Wildman–Crippen MR) is 116 cm³/mol. The second-order valence-electron chi connectivity index (χ2n) is 6.48. The van der Waals surface area contributed by atoms with Crippen molar-refractivity contribution in [3.05, 3.63) is 90.0 Å². The number of ether oxygens (including phenoxy) is 2. The summed E-state index contributed by atoms with van der Waals surface area (Å²) >= 11 is 0. The van der Waals surface area contributed by atoms with Crippen LogP contribution >= 0.6 is 0 Å². The Labute approximate surface area is 170 Å². The number of rotatable bonds is 6. The van der Waals surface area contributed by atoms with Crippen LogP contribution in [0.4, 0.5) is 0 Å². The lowest BCUT2D eigenvalue weighted by Gasteiger charge is -2.04. The third-order valence-electron chi connectivity index (χ3n) is 4.69. The minimum Gasteiger partial charge on any atom is -0.497 e. The summed E-state index contributed by atoms with van der Waals surface area (Å²) < 4.78 is 16.3. The monoisotopic (exact) mass is 383 g/mol. The van der Waals surface area contributed by atoms with E-state index in [1.54, 1.807) is 14.2 Å². The molecule has 0 fully saturated rings. The molecule has 0 amide bonds. The Morgan fingerprint density at radius 1 is 0.690 bits per heavy atom. The Hall–Kier alpha value is -3.79. The van der Waals surface area contributed by atoms with Crippen molar-refractivity contribution in [1.29, 1.82) is 0 Å². The van der Waals surface area contributed by atoms with Gasteiger partial charge in [0.1, 0.15) is 17.2 Å². The first-order valence-corrected chi connectivity index (χ1v) is 9.30. The zero-order chi connectivity index (χ0) is 20.1. The van der Waals surface area contributed by atoms with E-state index in [-0.39, 0.29) is 0 Å². The second-order valence-corrected chi connectivity index (χ2v) is 6.48. The molecule has 4 rings (SSSR count). The van der Waals surface area contributed by atoms with Crippen LogP contribution in [0.3, 0.4) is 0 Å². The Morgan fingerprint density at radius 3 is 1.86 bits per heavy atom. The van der Waals surface area contributed by atoms with Gasteiger partial charge in [0.15, 0.2) is 5.76 Å². The van der Waals surface area contributed by atoms with E-state index in [2.05, 4.69) is 23.4 Å². The molecule has 0 radical (unpaired) electrons. The zero-order valence-electron chi connectivity index (χ0n) is 16.3. The van der Waals surface area contributed by atoms with Gasteiger partial charge in [-0.15, -0.1) is 0 Å². The van der Waals surface area contributed by atoms with Gasteiger partial charge in [-0.1, -0.05) is 41.6 Å². The maximum atomic E-state index is 5.78. The van der Waals surface area contributed by atoms with E-state index in [0.29, 0.717) is 5.76 Å². The highest BCUT2D eigenvalue weighted by Crippen LogP contribution is 2.35. The normalized spacial score (nSPS) is 11.0. The summed E-state index contributed by atoms with van der Waals surface area (Å²) in [7, 11) is 3.31. The van der Waals surface area contributed by atoms with Crippen molar-refractivity contribution >= 4 is 12.2 Å². The van der Waals surface area contributed by atoms with Crippen LogP contribution in [0.5, 0.6) is 11.5 Å². The third kappa shape index (κ3) is 4.06. The highest BCUT2D eigenvalue weighted by molar-refractivity contribution is 5.86. The zero-order valence-corrected chi connectivity index (χ0v) is 16.3. The number of methoxy groups -OCH3 is 2. The van der Waals surface area contributed by atoms with Crippen LogP contribution in [-0.2, 0) is 0 Å². The molecule has 0 aliphatic heterocycles. The van der Waals surface area contributed by atoms with Crippen molar-refractivity contribution in [3.63, 3.8) is 0 Å². The molecule has 1 aromatic heterocycles. The van der Waals surface area contributed by atoms with Crippen molar-refractivity contribution in [3.8, 4) is 34.1 Å². The van der Waals surface area contributed by atoms with E-state index in [1.165, 1.54) is 0 Å². The van der Waals surface area contributed by atoms with E-state index in [1.807, 2.05) is 72.8 Å². The van der Waals surface area contributed by atoms with Gasteiger partial charge in [-0.25, -0.2) is 0 Å². The molecule has 29 heavy (non-hydrogen) atoms. The van der Waals surface area contributed by atoms with Crippen molar-refractivity contribution < 1.29 is 14.0 Å². The van der Waals surface area contributed by atoms with E-state index in [0.717, 1.165) is 39.4 Å². The van der Waals surface area contributed by atoms with Crippen LogP contribution in [0.1, 0.15) is 11.1 Å². The maximum absolute atomic E-state index is 5.78. The van der Waals surface area contributed by atoms with Crippen molar-refractivity contribution in [2.45, 2.75) is 0 Å². The lowest BCUT2D eigenvalue weighted by atomic mass is 10.0. The van der Waals surface area contributed by atoms with Gasteiger partial charge in [-0.05, 0) is 60.2 Å². The fourth-order valence-corrected chi connectivity index (χ4v) is 3.10. The van der Waals surface area contributed by atoms with Crippen LogP contribution in [0.25, 0.3) is 34.7 Å². The molecule has 144 valence electrons. The van der Waals surface area contributed by atoms with Crippen LogP contribution in [-0.4, -0.2) is 19.4 Å². The van der Waals surface area contributed by atoms with Gasteiger partial charge in [0.05, 0.1) is 19.8 Å².